The third-order valence-corrected chi connectivity index (χ3v) is 3.14. The molecule has 0 bridgehead atoms. The van der Waals surface area contributed by atoms with Gasteiger partial charge in [-0.25, -0.2) is 9.48 Å². The number of aliphatic hydroxyl groups excluding tert-OH is 1. The number of hydrogen-bond donors (Lipinski definition) is 4. The van der Waals surface area contributed by atoms with Crippen LogP contribution in [0.5, 0.6) is 0 Å². The van der Waals surface area contributed by atoms with E-state index in [1.54, 1.807) is 24.3 Å². The maximum absolute atomic E-state index is 12.1. The zero-order chi connectivity index (χ0) is 16.4. The van der Waals surface area contributed by atoms with Gasteiger partial charge in [0, 0.05) is 5.69 Å². The van der Waals surface area contributed by atoms with Gasteiger partial charge in [0.2, 0.25) is 11.8 Å². The van der Waals surface area contributed by atoms with Crippen LogP contribution >= 0.6 is 0 Å². The molecule has 2 heterocycles. The van der Waals surface area contributed by atoms with Crippen LogP contribution in [0.15, 0.2) is 30.6 Å². The number of rotatable bonds is 3. The molecule has 0 aliphatic carbocycles. The number of aliphatic hydroxyl groups is 1. The van der Waals surface area contributed by atoms with Crippen LogP contribution in [-0.4, -0.2) is 49.4 Å². The second-order valence-electron chi connectivity index (χ2n) is 4.68. The predicted molar refractivity (Wildman–Crippen MR) is 74.0 cm³/mol. The van der Waals surface area contributed by atoms with E-state index < -0.39 is 30.0 Å². The van der Waals surface area contributed by atoms with Gasteiger partial charge >= 0.3 is 6.03 Å². The zero-order valence-electron chi connectivity index (χ0n) is 11.5. The van der Waals surface area contributed by atoms with Crippen molar-refractivity contribution in [2.45, 2.75) is 6.23 Å². The number of aromatic nitrogens is 4. The van der Waals surface area contributed by atoms with E-state index in [2.05, 4.69) is 26.2 Å². The van der Waals surface area contributed by atoms with Crippen molar-refractivity contribution in [2.24, 2.45) is 5.92 Å². The molecule has 1 aliphatic heterocycles. The summed E-state index contributed by atoms with van der Waals surface area (Å²) in [6.45, 7) is 0. The summed E-state index contributed by atoms with van der Waals surface area (Å²) in [5, 5.41) is 26.8. The lowest BCUT2D eigenvalue weighted by Gasteiger charge is -2.26. The van der Waals surface area contributed by atoms with E-state index >= 15 is 0 Å². The number of nitrogens with zero attached hydrogens (tertiary/aromatic N) is 4. The molecular formula is C12H11N7O4. The Morgan fingerprint density at radius 3 is 2.61 bits per heavy atom. The van der Waals surface area contributed by atoms with Gasteiger partial charge in [0.05, 0.1) is 5.69 Å². The van der Waals surface area contributed by atoms with E-state index in [4.69, 9.17) is 0 Å². The van der Waals surface area contributed by atoms with Crippen molar-refractivity contribution in [1.82, 2.24) is 30.8 Å². The molecule has 1 fully saturated rings. The average molecular weight is 317 g/mol. The van der Waals surface area contributed by atoms with Crippen molar-refractivity contribution >= 4 is 23.5 Å². The van der Waals surface area contributed by atoms with Gasteiger partial charge in [0.1, 0.15) is 12.6 Å². The minimum atomic E-state index is -1.59. The molecule has 4 amide bonds. The number of urea groups is 1. The Labute approximate surface area is 128 Å². The fourth-order valence-corrected chi connectivity index (χ4v) is 2.05. The highest BCUT2D eigenvalue weighted by Gasteiger charge is 2.39. The van der Waals surface area contributed by atoms with Crippen molar-refractivity contribution < 1.29 is 19.5 Å². The number of hydrogen-bond acceptors (Lipinski definition) is 7. The largest absolute Gasteiger partial charge is 0.372 e. The van der Waals surface area contributed by atoms with Crippen molar-refractivity contribution in [2.75, 3.05) is 5.32 Å². The summed E-state index contributed by atoms with van der Waals surface area (Å²) < 4.78 is 1.43. The normalized spacial score (nSPS) is 20.6. The van der Waals surface area contributed by atoms with Crippen molar-refractivity contribution in [1.29, 1.82) is 0 Å². The fraction of sp³-hybridized carbons (Fsp3) is 0.167. The molecule has 1 saturated heterocycles. The van der Waals surface area contributed by atoms with Crippen LogP contribution in [0.3, 0.4) is 0 Å². The van der Waals surface area contributed by atoms with Crippen LogP contribution in [0.4, 0.5) is 10.5 Å². The molecule has 0 saturated carbocycles. The SMILES string of the molecule is O=C1NC(=O)C(C(=O)Nc2ccc(-n3cnnn3)cc2)C(O)N1. The number of imide groups is 1. The van der Waals surface area contributed by atoms with E-state index in [1.807, 2.05) is 5.32 Å². The van der Waals surface area contributed by atoms with Crippen LogP contribution in [-0.2, 0) is 9.59 Å². The van der Waals surface area contributed by atoms with Gasteiger partial charge < -0.3 is 15.7 Å². The molecular weight excluding hydrogens is 306 g/mol. The Morgan fingerprint density at radius 1 is 1.26 bits per heavy atom. The summed E-state index contributed by atoms with van der Waals surface area (Å²) in [6.07, 6.45) is -0.171. The van der Waals surface area contributed by atoms with E-state index in [0.717, 1.165) is 0 Å². The molecule has 2 atom stereocenters. The number of nitrogens with one attached hydrogen (secondary N) is 3. The molecule has 23 heavy (non-hydrogen) atoms. The standard InChI is InChI=1S/C12H11N7O4/c20-9(8-10(21)15-12(23)16-11(8)22)14-6-1-3-7(4-2-6)19-5-13-17-18-19/h1-5,8,10,21H,(H,14,20)(H2,15,16,22,23). The summed E-state index contributed by atoms with van der Waals surface area (Å²) >= 11 is 0. The van der Waals surface area contributed by atoms with Crippen molar-refractivity contribution in [3.8, 4) is 5.69 Å². The minimum absolute atomic E-state index is 0.406. The highest BCUT2D eigenvalue weighted by atomic mass is 16.3. The molecule has 3 rings (SSSR count). The maximum atomic E-state index is 12.1. The van der Waals surface area contributed by atoms with Crippen molar-refractivity contribution in [3.05, 3.63) is 30.6 Å². The smallest absolute Gasteiger partial charge is 0.323 e. The lowest BCUT2D eigenvalue weighted by atomic mass is 10.0. The van der Waals surface area contributed by atoms with Crippen molar-refractivity contribution in [3.63, 3.8) is 0 Å². The summed E-state index contributed by atoms with van der Waals surface area (Å²) in [4.78, 5) is 34.7. The molecule has 1 aliphatic rings. The molecule has 0 radical (unpaired) electrons. The van der Waals surface area contributed by atoms with Gasteiger partial charge in [0.15, 0.2) is 5.92 Å². The number of carbonyl (C=O) groups excluding carboxylic acids is 3. The average Bonchev–Trinajstić information content (AvgIpc) is 3.01. The Bertz CT molecular complexity index is 743. The van der Waals surface area contributed by atoms with Gasteiger partial charge in [-0.05, 0) is 34.7 Å². The molecule has 1 aromatic carbocycles. The Balaban J connectivity index is 1.70. The quantitative estimate of drug-likeness (QED) is 0.496. The molecule has 1 aromatic heterocycles. The Hall–Kier alpha value is -3.34. The van der Waals surface area contributed by atoms with Gasteiger partial charge in [-0.3, -0.25) is 14.9 Å². The lowest BCUT2D eigenvalue weighted by Crippen LogP contribution is -2.61. The summed E-state index contributed by atoms with van der Waals surface area (Å²) in [5.41, 5.74) is 1.08. The van der Waals surface area contributed by atoms with E-state index in [-0.39, 0.29) is 0 Å². The molecule has 2 unspecified atom stereocenters. The summed E-state index contributed by atoms with van der Waals surface area (Å²) in [6, 6.07) is 5.63. The second-order valence-corrected chi connectivity index (χ2v) is 4.68. The van der Waals surface area contributed by atoms with Gasteiger partial charge in [-0.1, -0.05) is 0 Å². The van der Waals surface area contributed by atoms with Crippen LogP contribution in [0.2, 0.25) is 0 Å². The van der Waals surface area contributed by atoms with E-state index in [0.29, 0.717) is 11.4 Å². The number of amides is 4. The molecule has 11 heteroatoms. The second kappa shape index (κ2) is 5.81. The third-order valence-electron chi connectivity index (χ3n) is 3.14. The molecule has 4 N–H and O–H groups in total. The highest BCUT2D eigenvalue weighted by Crippen LogP contribution is 2.15. The molecule has 11 nitrogen and oxygen atoms in total. The Morgan fingerprint density at radius 2 is 2.00 bits per heavy atom. The fourth-order valence-electron chi connectivity index (χ4n) is 2.05. The van der Waals surface area contributed by atoms with E-state index in [1.165, 1.54) is 11.0 Å². The monoisotopic (exact) mass is 317 g/mol. The third kappa shape index (κ3) is 2.98. The predicted octanol–water partition coefficient (Wildman–Crippen LogP) is -1.63. The van der Waals surface area contributed by atoms with Crippen LogP contribution < -0.4 is 16.0 Å². The topological polar surface area (TPSA) is 151 Å². The van der Waals surface area contributed by atoms with Crippen LogP contribution in [0.1, 0.15) is 0 Å². The zero-order valence-corrected chi connectivity index (χ0v) is 11.5. The number of benzene rings is 1. The first-order valence-corrected chi connectivity index (χ1v) is 6.48. The van der Waals surface area contributed by atoms with E-state index in [9.17, 15) is 19.5 Å². The molecule has 0 spiro atoms. The summed E-state index contributed by atoms with van der Waals surface area (Å²) in [7, 11) is 0. The molecule has 118 valence electrons. The van der Waals surface area contributed by atoms with Gasteiger partial charge in [-0.2, -0.15) is 0 Å². The summed E-state index contributed by atoms with van der Waals surface area (Å²) in [5.74, 6) is -3.05. The number of carbonyl (C=O) groups is 3. The Kier molecular flexibility index (Phi) is 3.68. The number of anilines is 1. The maximum Gasteiger partial charge on any atom is 0.323 e. The lowest BCUT2D eigenvalue weighted by molar-refractivity contribution is -0.138. The highest BCUT2D eigenvalue weighted by molar-refractivity contribution is 6.12. The molecule has 2 aromatic rings. The first kappa shape index (κ1) is 14.6. The van der Waals surface area contributed by atoms with Gasteiger partial charge in [-0.15, -0.1) is 5.10 Å². The number of tetrazole rings is 1. The van der Waals surface area contributed by atoms with Crippen LogP contribution in [0.25, 0.3) is 5.69 Å². The van der Waals surface area contributed by atoms with Gasteiger partial charge in [0.25, 0.3) is 0 Å². The first-order valence-electron chi connectivity index (χ1n) is 6.48. The van der Waals surface area contributed by atoms with Crippen LogP contribution in [0, 0.1) is 5.92 Å². The minimum Gasteiger partial charge on any atom is -0.372 e. The first-order chi connectivity index (χ1) is 11.0.